The molecular formula is C31H27ClF2N4O4S2. The molecule has 0 saturated carbocycles. The Morgan fingerprint density at radius 2 is 1.93 bits per heavy atom. The number of hydrogen-bond donors (Lipinski definition) is 1. The summed E-state index contributed by atoms with van der Waals surface area (Å²) in [7, 11) is -2.29. The van der Waals surface area contributed by atoms with Gasteiger partial charge in [-0.2, -0.15) is 8.42 Å². The van der Waals surface area contributed by atoms with Gasteiger partial charge in [-0.25, -0.2) is 23.7 Å². The second-order valence-electron chi connectivity index (χ2n) is 10.0. The molecule has 0 atom stereocenters. The maximum Gasteiger partial charge on any atom is 0.215 e. The van der Waals surface area contributed by atoms with Crippen LogP contribution in [0.5, 0.6) is 5.75 Å². The third kappa shape index (κ3) is 7.75. The molecule has 228 valence electrons. The fraction of sp³-hybridized carbons (Fsp3) is 0.226. The maximum absolute atomic E-state index is 15.2. The van der Waals surface area contributed by atoms with Gasteiger partial charge in [0, 0.05) is 34.5 Å². The van der Waals surface area contributed by atoms with Crippen molar-refractivity contribution in [3.63, 3.8) is 0 Å². The Bertz CT molecular complexity index is 1940. The van der Waals surface area contributed by atoms with Crippen molar-refractivity contribution in [2.45, 2.75) is 26.9 Å². The topological polar surface area (TPSA) is 103 Å². The highest BCUT2D eigenvalue weighted by Crippen LogP contribution is 2.34. The number of nitrogens with one attached hydrogen (secondary N) is 1. The number of thiazole rings is 1. The van der Waals surface area contributed by atoms with E-state index in [1.54, 1.807) is 55.6 Å². The van der Waals surface area contributed by atoms with Crippen LogP contribution in [0.25, 0.3) is 22.2 Å². The number of nitrogens with zero attached hydrogens (tertiary/aromatic N) is 3. The quantitative estimate of drug-likeness (QED) is 0.110. The SMILES string of the molecule is CC(C)C(COCCc1nc(-c2cc3c(Nc4ccc(OCc5cccc(F)c5)c(Cl)c4)ncnc3cc2F)cs1)=S(=O)=O. The summed E-state index contributed by atoms with van der Waals surface area (Å²) in [6.45, 7) is 4.05. The molecule has 0 spiro atoms. The summed E-state index contributed by atoms with van der Waals surface area (Å²) in [5, 5.41) is 6.62. The van der Waals surface area contributed by atoms with Crippen LogP contribution in [0.15, 0.2) is 66.3 Å². The van der Waals surface area contributed by atoms with Gasteiger partial charge in [0.05, 0.1) is 39.3 Å². The maximum atomic E-state index is 15.2. The number of ether oxygens (including phenoxy) is 2. The zero-order valence-electron chi connectivity index (χ0n) is 23.7. The summed E-state index contributed by atoms with van der Waals surface area (Å²) < 4.78 is 62.6. The number of halogens is 3. The minimum atomic E-state index is -2.29. The highest BCUT2D eigenvalue weighted by atomic mass is 35.5. The highest BCUT2D eigenvalue weighted by molar-refractivity contribution is 7.73. The smallest absolute Gasteiger partial charge is 0.215 e. The van der Waals surface area contributed by atoms with Crippen LogP contribution in [0.1, 0.15) is 24.4 Å². The van der Waals surface area contributed by atoms with Crippen LogP contribution in [-0.2, 0) is 28.1 Å². The van der Waals surface area contributed by atoms with Gasteiger partial charge in [-0.05, 0) is 47.9 Å². The lowest BCUT2D eigenvalue weighted by atomic mass is 10.1. The molecule has 0 amide bonds. The molecule has 0 aliphatic heterocycles. The molecule has 2 heterocycles. The number of fused-ring (bicyclic) bond motifs is 1. The summed E-state index contributed by atoms with van der Waals surface area (Å²) in [6.07, 6.45) is 1.79. The molecular weight excluding hydrogens is 630 g/mol. The first kappa shape index (κ1) is 31.5. The molecule has 0 aliphatic rings. The number of anilines is 2. The minimum Gasteiger partial charge on any atom is -0.487 e. The van der Waals surface area contributed by atoms with E-state index in [9.17, 15) is 12.8 Å². The van der Waals surface area contributed by atoms with Crippen molar-refractivity contribution in [1.82, 2.24) is 15.0 Å². The molecule has 13 heteroatoms. The van der Waals surface area contributed by atoms with Crippen LogP contribution in [0.4, 0.5) is 20.3 Å². The Balaban J connectivity index is 1.30. The van der Waals surface area contributed by atoms with E-state index in [1.165, 1.54) is 35.9 Å². The van der Waals surface area contributed by atoms with Crippen molar-refractivity contribution in [2.75, 3.05) is 18.5 Å². The third-order valence-corrected chi connectivity index (χ3v) is 8.81. The molecule has 5 rings (SSSR count). The van der Waals surface area contributed by atoms with E-state index in [4.69, 9.17) is 21.1 Å². The largest absolute Gasteiger partial charge is 0.487 e. The number of hydrogen-bond acceptors (Lipinski definition) is 9. The Morgan fingerprint density at radius 1 is 1.09 bits per heavy atom. The van der Waals surface area contributed by atoms with Crippen LogP contribution in [0.2, 0.25) is 5.02 Å². The molecule has 0 radical (unpaired) electrons. The van der Waals surface area contributed by atoms with Crippen molar-refractivity contribution >= 4 is 60.5 Å². The van der Waals surface area contributed by atoms with E-state index in [-0.39, 0.29) is 37.1 Å². The predicted molar refractivity (Wildman–Crippen MR) is 169 cm³/mol. The Kier molecular flexibility index (Phi) is 10.2. The van der Waals surface area contributed by atoms with Crippen molar-refractivity contribution < 1.29 is 26.7 Å². The van der Waals surface area contributed by atoms with Crippen LogP contribution < -0.4 is 10.1 Å². The average molecular weight is 657 g/mol. The fourth-order valence-corrected chi connectivity index (χ4v) is 5.86. The molecule has 0 unspecified atom stereocenters. The van der Waals surface area contributed by atoms with Crippen LogP contribution in [0.3, 0.4) is 0 Å². The number of benzene rings is 3. The first-order valence-electron chi connectivity index (χ1n) is 13.5. The monoisotopic (exact) mass is 656 g/mol. The first-order chi connectivity index (χ1) is 21.2. The zero-order chi connectivity index (χ0) is 31.2. The Labute approximate surface area is 263 Å². The van der Waals surface area contributed by atoms with Crippen LogP contribution >= 0.6 is 22.9 Å². The van der Waals surface area contributed by atoms with Crippen LogP contribution in [0, 0.1) is 17.6 Å². The molecule has 0 aliphatic carbocycles. The van der Waals surface area contributed by atoms with Gasteiger partial charge in [0.1, 0.15) is 36.1 Å². The lowest BCUT2D eigenvalue weighted by Crippen LogP contribution is -2.17. The highest BCUT2D eigenvalue weighted by Gasteiger charge is 2.15. The summed E-state index contributed by atoms with van der Waals surface area (Å²) >= 11 is 7.83. The molecule has 8 nitrogen and oxygen atoms in total. The van der Waals surface area contributed by atoms with E-state index in [0.717, 1.165) is 5.01 Å². The molecule has 2 aromatic heterocycles. The van der Waals surface area contributed by atoms with Gasteiger partial charge < -0.3 is 14.8 Å². The lowest BCUT2D eigenvalue weighted by molar-refractivity contribution is 0.174. The summed E-state index contributed by atoms with van der Waals surface area (Å²) in [5.41, 5.74) is 2.44. The minimum absolute atomic E-state index is 0.0248. The van der Waals surface area contributed by atoms with Gasteiger partial charge in [0.2, 0.25) is 10.3 Å². The van der Waals surface area contributed by atoms with Crippen molar-refractivity contribution in [1.29, 1.82) is 0 Å². The van der Waals surface area contributed by atoms with Gasteiger partial charge in [-0.1, -0.05) is 37.6 Å². The summed E-state index contributed by atoms with van der Waals surface area (Å²) in [5.74, 6) is -0.0843. The van der Waals surface area contributed by atoms with Gasteiger partial charge >= 0.3 is 0 Å². The molecule has 0 saturated heterocycles. The summed E-state index contributed by atoms with van der Waals surface area (Å²) in [6, 6.07) is 14.2. The molecule has 0 fully saturated rings. The Hall–Kier alpha value is -3.97. The Morgan fingerprint density at radius 3 is 2.68 bits per heavy atom. The van der Waals surface area contributed by atoms with Crippen molar-refractivity contribution in [3.05, 3.63) is 93.5 Å². The number of rotatable bonds is 12. The second kappa shape index (κ2) is 14.2. The van der Waals surface area contributed by atoms with Crippen molar-refractivity contribution in [2.24, 2.45) is 5.92 Å². The van der Waals surface area contributed by atoms with E-state index >= 15 is 4.39 Å². The normalized spacial score (nSPS) is 11.2. The second-order valence-corrected chi connectivity index (χ2v) is 12.4. The first-order valence-corrected chi connectivity index (χ1v) is 15.9. The van der Waals surface area contributed by atoms with Gasteiger partial charge in [-0.3, -0.25) is 0 Å². The molecule has 5 aromatic rings. The van der Waals surface area contributed by atoms with E-state index in [0.29, 0.717) is 55.7 Å². The fourth-order valence-electron chi connectivity index (χ4n) is 4.28. The van der Waals surface area contributed by atoms with Crippen molar-refractivity contribution in [3.8, 4) is 17.0 Å². The number of aromatic nitrogens is 3. The molecule has 1 N–H and O–H groups in total. The van der Waals surface area contributed by atoms with Gasteiger partial charge in [0.25, 0.3) is 0 Å². The van der Waals surface area contributed by atoms with E-state index in [1.807, 2.05) is 0 Å². The predicted octanol–water partition coefficient (Wildman–Crippen LogP) is 7.27. The molecule has 44 heavy (non-hydrogen) atoms. The standard InChI is InChI=1S/C31H27ClF2N4O4S2/c1-18(2)29(44(39)40)15-41-9-8-30-38-27(16-43-30)22-12-23-26(13-25(22)34)35-17-36-31(23)37-21-6-7-28(24(32)11-21)42-14-19-4-3-5-20(33)10-19/h3-7,10-13,16-18H,8-9,14-15H2,1-2H3,(H,35,36,37). The third-order valence-electron chi connectivity index (χ3n) is 6.59. The molecule has 3 aromatic carbocycles. The summed E-state index contributed by atoms with van der Waals surface area (Å²) in [4.78, 5) is 13.5. The molecule has 0 bridgehead atoms. The zero-order valence-corrected chi connectivity index (χ0v) is 26.1. The van der Waals surface area contributed by atoms with Crippen LogP contribution in [-0.4, -0.2) is 41.4 Å². The average Bonchev–Trinajstić information content (AvgIpc) is 3.45. The van der Waals surface area contributed by atoms with E-state index in [2.05, 4.69) is 20.3 Å². The van der Waals surface area contributed by atoms with E-state index < -0.39 is 16.1 Å². The van der Waals surface area contributed by atoms with Gasteiger partial charge in [-0.15, -0.1) is 11.3 Å². The lowest BCUT2D eigenvalue weighted by Gasteiger charge is -2.12. The van der Waals surface area contributed by atoms with Gasteiger partial charge in [0.15, 0.2) is 0 Å².